The van der Waals surface area contributed by atoms with Gasteiger partial charge < -0.3 is 15.5 Å². The monoisotopic (exact) mass is 327 g/mol. The fraction of sp³-hybridized carbons (Fsp3) is 0.550. The summed E-state index contributed by atoms with van der Waals surface area (Å²) in [6.45, 7) is 13.4. The molecule has 130 valence electrons. The summed E-state index contributed by atoms with van der Waals surface area (Å²) in [5.41, 5.74) is 2.81. The van der Waals surface area contributed by atoms with Gasteiger partial charge in [0.2, 0.25) is 0 Å². The molecule has 3 heterocycles. The van der Waals surface area contributed by atoms with Crippen molar-refractivity contribution in [2.45, 2.75) is 45.2 Å². The van der Waals surface area contributed by atoms with Crippen molar-refractivity contribution in [3.63, 3.8) is 0 Å². The van der Waals surface area contributed by atoms with Gasteiger partial charge in [-0.2, -0.15) is 0 Å². The molecule has 2 bridgehead atoms. The Bertz CT molecular complexity index is 630. The molecule has 1 atom stereocenters. The Labute approximate surface area is 145 Å². The molecule has 2 amide bonds. The van der Waals surface area contributed by atoms with E-state index in [0.29, 0.717) is 5.92 Å². The van der Waals surface area contributed by atoms with Crippen LogP contribution in [0.4, 0.5) is 4.79 Å². The van der Waals surface area contributed by atoms with Crippen LogP contribution in [0.3, 0.4) is 0 Å². The van der Waals surface area contributed by atoms with Crippen LogP contribution < -0.4 is 10.6 Å². The van der Waals surface area contributed by atoms with Crippen LogP contribution in [0.2, 0.25) is 0 Å². The first-order valence-corrected chi connectivity index (χ1v) is 8.92. The summed E-state index contributed by atoms with van der Waals surface area (Å²) in [5, 5.41) is 6.35. The molecule has 0 spiro atoms. The Kier molecular flexibility index (Phi) is 4.68. The second-order valence-electron chi connectivity index (χ2n) is 7.83. The number of nitrogens with one attached hydrogen (secondary N) is 2. The summed E-state index contributed by atoms with van der Waals surface area (Å²) in [6, 6.07) is 8.45. The normalized spacial score (nSPS) is 26.0. The highest BCUT2D eigenvalue weighted by molar-refractivity contribution is 5.75. The quantitative estimate of drug-likeness (QED) is 0.891. The molecule has 4 rings (SSSR count). The largest absolute Gasteiger partial charge is 0.334 e. The summed E-state index contributed by atoms with van der Waals surface area (Å²) in [4.78, 5) is 15.0. The third-order valence-corrected chi connectivity index (χ3v) is 5.48. The maximum atomic E-state index is 12.5. The number of urea groups is 1. The lowest BCUT2D eigenvalue weighted by atomic mass is 9.84. The van der Waals surface area contributed by atoms with E-state index in [1.165, 1.54) is 25.9 Å². The highest BCUT2D eigenvalue weighted by Gasteiger charge is 2.35. The van der Waals surface area contributed by atoms with Crippen molar-refractivity contribution in [3.8, 4) is 0 Å². The van der Waals surface area contributed by atoms with Gasteiger partial charge in [0.05, 0.1) is 5.54 Å². The Morgan fingerprint density at radius 2 is 2.00 bits per heavy atom. The SMILES string of the molecule is C=C(C)c1cccc(C(C)(C)NC(=O)N[C@@H]2CN3CCC2CC3)c1. The molecule has 3 aliphatic rings. The third kappa shape index (κ3) is 3.64. The van der Waals surface area contributed by atoms with Crippen molar-refractivity contribution < 1.29 is 4.79 Å². The van der Waals surface area contributed by atoms with Gasteiger partial charge in [0, 0.05) is 12.6 Å². The number of rotatable bonds is 4. The fourth-order valence-corrected chi connectivity index (χ4v) is 3.86. The second-order valence-corrected chi connectivity index (χ2v) is 7.83. The number of carbonyl (C=O) groups is 1. The molecule has 1 aromatic rings. The van der Waals surface area contributed by atoms with E-state index in [2.05, 4.69) is 40.3 Å². The zero-order chi connectivity index (χ0) is 17.3. The van der Waals surface area contributed by atoms with E-state index in [1.807, 2.05) is 26.8 Å². The number of hydrogen-bond donors (Lipinski definition) is 2. The molecule has 3 saturated heterocycles. The van der Waals surface area contributed by atoms with Crippen LogP contribution in [0, 0.1) is 5.92 Å². The van der Waals surface area contributed by atoms with Gasteiger partial charge in [-0.15, -0.1) is 0 Å². The van der Waals surface area contributed by atoms with Gasteiger partial charge in [-0.25, -0.2) is 4.79 Å². The van der Waals surface area contributed by atoms with Gasteiger partial charge >= 0.3 is 6.03 Å². The summed E-state index contributed by atoms with van der Waals surface area (Å²) >= 11 is 0. The first kappa shape index (κ1) is 17.0. The van der Waals surface area contributed by atoms with Gasteiger partial charge in [0.25, 0.3) is 0 Å². The van der Waals surface area contributed by atoms with E-state index in [1.54, 1.807) is 0 Å². The first-order valence-electron chi connectivity index (χ1n) is 8.92. The van der Waals surface area contributed by atoms with Crippen molar-refractivity contribution in [2.75, 3.05) is 19.6 Å². The van der Waals surface area contributed by atoms with E-state index >= 15 is 0 Å². The summed E-state index contributed by atoms with van der Waals surface area (Å²) < 4.78 is 0. The lowest BCUT2D eigenvalue weighted by Crippen LogP contribution is -2.60. The average molecular weight is 327 g/mol. The minimum atomic E-state index is -0.427. The molecule has 1 aromatic carbocycles. The zero-order valence-electron chi connectivity index (χ0n) is 15.1. The molecule has 0 aromatic heterocycles. The second kappa shape index (κ2) is 6.60. The number of carbonyl (C=O) groups excluding carboxylic acids is 1. The van der Waals surface area contributed by atoms with Crippen molar-refractivity contribution in [2.24, 2.45) is 5.92 Å². The Hall–Kier alpha value is -1.81. The highest BCUT2D eigenvalue weighted by atomic mass is 16.2. The van der Waals surface area contributed by atoms with E-state index in [4.69, 9.17) is 0 Å². The Morgan fingerprint density at radius 3 is 2.58 bits per heavy atom. The molecule has 0 aliphatic carbocycles. The van der Waals surface area contributed by atoms with Crippen LogP contribution in [0.1, 0.15) is 44.7 Å². The van der Waals surface area contributed by atoms with Crippen molar-refractivity contribution in [3.05, 3.63) is 42.0 Å². The Balaban J connectivity index is 1.64. The minimum absolute atomic E-state index is 0.0699. The summed E-state index contributed by atoms with van der Waals surface area (Å²) in [7, 11) is 0. The third-order valence-electron chi connectivity index (χ3n) is 5.48. The number of benzene rings is 1. The van der Waals surface area contributed by atoms with E-state index < -0.39 is 5.54 Å². The van der Waals surface area contributed by atoms with Crippen LogP contribution in [-0.4, -0.2) is 36.6 Å². The average Bonchev–Trinajstić information content (AvgIpc) is 2.55. The minimum Gasteiger partial charge on any atom is -0.334 e. The molecule has 2 N–H and O–H groups in total. The maximum absolute atomic E-state index is 12.5. The van der Waals surface area contributed by atoms with Gasteiger partial charge in [0.1, 0.15) is 0 Å². The smallest absolute Gasteiger partial charge is 0.315 e. The number of fused-ring (bicyclic) bond motifs is 3. The van der Waals surface area contributed by atoms with Crippen molar-refractivity contribution in [1.82, 2.24) is 15.5 Å². The molecular weight excluding hydrogens is 298 g/mol. The number of amides is 2. The van der Waals surface area contributed by atoms with Crippen LogP contribution in [0.15, 0.2) is 30.8 Å². The Morgan fingerprint density at radius 1 is 1.29 bits per heavy atom. The lowest BCUT2D eigenvalue weighted by molar-refractivity contribution is 0.0760. The predicted molar refractivity (Wildman–Crippen MR) is 98.8 cm³/mol. The van der Waals surface area contributed by atoms with Crippen molar-refractivity contribution in [1.29, 1.82) is 0 Å². The molecule has 4 nitrogen and oxygen atoms in total. The van der Waals surface area contributed by atoms with Crippen LogP contribution >= 0.6 is 0 Å². The highest BCUT2D eigenvalue weighted by Crippen LogP contribution is 2.28. The van der Waals surface area contributed by atoms with E-state index in [-0.39, 0.29) is 12.1 Å². The molecule has 0 unspecified atom stereocenters. The lowest BCUT2D eigenvalue weighted by Gasteiger charge is -2.45. The van der Waals surface area contributed by atoms with Crippen molar-refractivity contribution >= 4 is 11.6 Å². The summed E-state index contributed by atoms with van der Waals surface area (Å²) in [6.07, 6.45) is 2.41. The first-order chi connectivity index (χ1) is 11.3. The van der Waals surface area contributed by atoms with Gasteiger partial charge in [-0.1, -0.05) is 30.4 Å². The molecule has 0 saturated carbocycles. The van der Waals surface area contributed by atoms with E-state index in [9.17, 15) is 4.79 Å². The van der Waals surface area contributed by atoms with Gasteiger partial charge in [-0.3, -0.25) is 0 Å². The fourth-order valence-electron chi connectivity index (χ4n) is 3.86. The van der Waals surface area contributed by atoms with Crippen LogP contribution in [0.25, 0.3) is 5.57 Å². The zero-order valence-corrected chi connectivity index (χ0v) is 15.1. The molecule has 0 radical (unpaired) electrons. The number of allylic oxidation sites excluding steroid dienone is 1. The molecule has 3 fully saturated rings. The van der Waals surface area contributed by atoms with Gasteiger partial charge in [-0.05, 0) is 69.8 Å². The molecule has 3 aliphatic heterocycles. The number of piperidine rings is 3. The van der Waals surface area contributed by atoms with E-state index in [0.717, 1.165) is 23.2 Å². The number of hydrogen-bond acceptors (Lipinski definition) is 2. The van der Waals surface area contributed by atoms with Crippen LogP contribution in [0.5, 0.6) is 0 Å². The summed E-state index contributed by atoms with van der Waals surface area (Å²) in [5.74, 6) is 0.635. The predicted octanol–water partition coefficient (Wildman–Crippen LogP) is 3.35. The maximum Gasteiger partial charge on any atom is 0.315 e. The molecule has 4 heteroatoms. The molecular formula is C20H29N3O. The number of nitrogens with zero attached hydrogens (tertiary/aromatic N) is 1. The van der Waals surface area contributed by atoms with Crippen LogP contribution in [-0.2, 0) is 5.54 Å². The molecule has 24 heavy (non-hydrogen) atoms. The van der Waals surface area contributed by atoms with Gasteiger partial charge in [0.15, 0.2) is 0 Å². The standard InChI is InChI=1S/C20H29N3O/c1-14(2)16-6-5-7-17(12-16)20(3,4)22-19(24)21-18-13-23-10-8-15(18)9-11-23/h5-7,12,15,18H,1,8-11,13H2,2-4H3,(H2,21,22,24)/t18-/m1/s1. The topological polar surface area (TPSA) is 44.4 Å².